The molecule has 1 aromatic heterocycles. The van der Waals surface area contributed by atoms with Gasteiger partial charge in [0.1, 0.15) is 18.2 Å². The Balaban J connectivity index is 1.69. The highest BCUT2D eigenvalue weighted by atomic mass is 19.1. The number of pyridine rings is 1. The van der Waals surface area contributed by atoms with Crippen LogP contribution in [0.3, 0.4) is 0 Å². The first-order chi connectivity index (χ1) is 12.6. The van der Waals surface area contributed by atoms with Gasteiger partial charge in [-0.3, -0.25) is 9.78 Å². The number of nitrogens with zero attached hydrogens (tertiary/aromatic N) is 1. The van der Waals surface area contributed by atoms with Crippen molar-refractivity contribution in [2.24, 2.45) is 0 Å². The van der Waals surface area contributed by atoms with E-state index in [9.17, 15) is 9.18 Å². The first-order valence-corrected chi connectivity index (χ1v) is 8.30. The number of hydrogen-bond acceptors (Lipinski definition) is 3. The largest absolute Gasteiger partial charge is 0.488 e. The summed E-state index contributed by atoms with van der Waals surface area (Å²) in [5.41, 5.74) is 2.25. The van der Waals surface area contributed by atoms with Crippen LogP contribution < -0.4 is 10.1 Å². The van der Waals surface area contributed by atoms with Gasteiger partial charge in [-0.2, -0.15) is 0 Å². The summed E-state index contributed by atoms with van der Waals surface area (Å²) in [6, 6.07) is 16.7. The Labute approximate surface area is 151 Å². The summed E-state index contributed by atoms with van der Waals surface area (Å²) >= 11 is 0. The van der Waals surface area contributed by atoms with Crippen molar-refractivity contribution in [2.45, 2.75) is 19.6 Å². The second kappa shape index (κ2) is 8.25. The fourth-order valence-electron chi connectivity index (χ4n) is 2.53. The maximum absolute atomic E-state index is 13.0. The SMILES string of the molecule is C[C@H](NC(=O)c1ccccc1OCc1ccc(F)cc1)c1ccncc1. The molecule has 132 valence electrons. The third-order valence-corrected chi connectivity index (χ3v) is 3.99. The molecule has 1 heterocycles. The van der Waals surface area contributed by atoms with Crippen LogP contribution in [0.4, 0.5) is 4.39 Å². The van der Waals surface area contributed by atoms with Crippen LogP contribution in [0.25, 0.3) is 0 Å². The maximum atomic E-state index is 13.0. The highest BCUT2D eigenvalue weighted by molar-refractivity contribution is 5.97. The predicted molar refractivity (Wildman–Crippen MR) is 97.3 cm³/mol. The number of para-hydroxylation sites is 1. The molecule has 0 spiro atoms. The lowest BCUT2D eigenvalue weighted by atomic mass is 10.1. The Morgan fingerprint density at radius 3 is 2.50 bits per heavy atom. The molecule has 2 aromatic carbocycles. The molecule has 4 nitrogen and oxygen atoms in total. The van der Waals surface area contributed by atoms with Gasteiger partial charge in [0.2, 0.25) is 0 Å². The number of carbonyl (C=O) groups is 1. The fraction of sp³-hybridized carbons (Fsp3) is 0.143. The molecule has 3 rings (SSSR count). The minimum Gasteiger partial charge on any atom is -0.488 e. The second-order valence-corrected chi connectivity index (χ2v) is 5.89. The van der Waals surface area contributed by atoms with E-state index in [1.807, 2.05) is 25.1 Å². The van der Waals surface area contributed by atoms with Crippen molar-refractivity contribution in [1.29, 1.82) is 0 Å². The van der Waals surface area contributed by atoms with E-state index in [1.165, 1.54) is 12.1 Å². The van der Waals surface area contributed by atoms with Crippen LogP contribution in [-0.2, 0) is 6.61 Å². The monoisotopic (exact) mass is 350 g/mol. The summed E-state index contributed by atoms with van der Waals surface area (Å²) < 4.78 is 18.8. The maximum Gasteiger partial charge on any atom is 0.255 e. The number of halogens is 1. The molecule has 0 fully saturated rings. The molecular formula is C21H19FN2O2. The van der Waals surface area contributed by atoms with Crippen molar-refractivity contribution < 1.29 is 13.9 Å². The number of ether oxygens (including phenoxy) is 1. The zero-order chi connectivity index (χ0) is 18.4. The lowest BCUT2D eigenvalue weighted by Crippen LogP contribution is -2.27. The quantitative estimate of drug-likeness (QED) is 0.721. The van der Waals surface area contributed by atoms with Crippen molar-refractivity contribution in [1.82, 2.24) is 10.3 Å². The van der Waals surface area contributed by atoms with Crippen LogP contribution in [-0.4, -0.2) is 10.9 Å². The van der Waals surface area contributed by atoms with Gasteiger partial charge in [0.15, 0.2) is 0 Å². The average molecular weight is 350 g/mol. The molecule has 0 aliphatic heterocycles. The molecule has 0 unspecified atom stereocenters. The summed E-state index contributed by atoms with van der Waals surface area (Å²) in [4.78, 5) is 16.6. The highest BCUT2D eigenvalue weighted by Crippen LogP contribution is 2.21. The van der Waals surface area contributed by atoms with Crippen molar-refractivity contribution in [2.75, 3.05) is 0 Å². The van der Waals surface area contributed by atoms with E-state index in [0.717, 1.165) is 11.1 Å². The van der Waals surface area contributed by atoms with Gasteiger partial charge < -0.3 is 10.1 Å². The Morgan fingerprint density at radius 2 is 1.77 bits per heavy atom. The topological polar surface area (TPSA) is 51.2 Å². The molecule has 3 aromatic rings. The molecule has 1 atom stereocenters. The molecule has 0 radical (unpaired) electrons. The van der Waals surface area contributed by atoms with Gasteiger partial charge in [-0.1, -0.05) is 24.3 Å². The van der Waals surface area contributed by atoms with Gasteiger partial charge in [0, 0.05) is 12.4 Å². The molecule has 0 aliphatic rings. The Bertz CT molecular complexity index is 867. The van der Waals surface area contributed by atoms with Crippen LogP contribution in [0.15, 0.2) is 73.1 Å². The molecule has 5 heteroatoms. The van der Waals surface area contributed by atoms with Crippen molar-refractivity contribution >= 4 is 5.91 Å². The van der Waals surface area contributed by atoms with Crippen molar-refractivity contribution in [3.63, 3.8) is 0 Å². The van der Waals surface area contributed by atoms with E-state index in [-0.39, 0.29) is 24.4 Å². The normalized spacial score (nSPS) is 11.6. The van der Waals surface area contributed by atoms with E-state index in [0.29, 0.717) is 11.3 Å². The van der Waals surface area contributed by atoms with E-state index < -0.39 is 0 Å². The number of hydrogen-bond donors (Lipinski definition) is 1. The number of benzene rings is 2. The molecule has 0 aliphatic carbocycles. The third kappa shape index (κ3) is 4.45. The van der Waals surface area contributed by atoms with Gasteiger partial charge in [-0.05, 0) is 54.4 Å². The van der Waals surface area contributed by atoms with Crippen LogP contribution in [0.1, 0.15) is 34.5 Å². The van der Waals surface area contributed by atoms with Crippen molar-refractivity contribution in [3.8, 4) is 5.75 Å². The van der Waals surface area contributed by atoms with Crippen LogP contribution >= 0.6 is 0 Å². The molecule has 0 bridgehead atoms. The Morgan fingerprint density at radius 1 is 1.08 bits per heavy atom. The zero-order valence-corrected chi connectivity index (χ0v) is 14.4. The van der Waals surface area contributed by atoms with Gasteiger partial charge >= 0.3 is 0 Å². The summed E-state index contributed by atoms with van der Waals surface area (Å²) in [5, 5.41) is 2.96. The first kappa shape index (κ1) is 17.6. The van der Waals surface area contributed by atoms with Crippen LogP contribution in [0, 0.1) is 5.82 Å². The number of nitrogens with one attached hydrogen (secondary N) is 1. The predicted octanol–water partition coefficient (Wildman–Crippen LogP) is 4.29. The van der Waals surface area contributed by atoms with E-state index in [2.05, 4.69) is 10.3 Å². The lowest BCUT2D eigenvalue weighted by molar-refractivity contribution is 0.0935. The summed E-state index contributed by atoms with van der Waals surface area (Å²) in [6.07, 6.45) is 3.38. The molecule has 1 N–H and O–H groups in total. The Kier molecular flexibility index (Phi) is 5.59. The smallest absolute Gasteiger partial charge is 0.255 e. The molecule has 0 saturated carbocycles. The van der Waals surface area contributed by atoms with Crippen molar-refractivity contribution in [3.05, 3.63) is 95.6 Å². The number of amides is 1. The van der Waals surface area contributed by atoms with E-state index in [4.69, 9.17) is 4.74 Å². The standard InChI is InChI=1S/C21H19FN2O2/c1-15(17-10-12-23-13-11-17)24-21(25)19-4-2-3-5-20(19)26-14-16-6-8-18(22)9-7-16/h2-13,15H,14H2,1H3,(H,24,25)/t15-/m0/s1. The molecular weight excluding hydrogens is 331 g/mol. The lowest BCUT2D eigenvalue weighted by Gasteiger charge is -2.16. The molecule has 1 amide bonds. The van der Waals surface area contributed by atoms with Crippen LogP contribution in [0.2, 0.25) is 0 Å². The van der Waals surface area contributed by atoms with E-state index >= 15 is 0 Å². The minimum absolute atomic E-state index is 0.157. The number of rotatable bonds is 6. The van der Waals surface area contributed by atoms with Crippen LogP contribution in [0.5, 0.6) is 5.75 Å². The second-order valence-electron chi connectivity index (χ2n) is 5.89. The summed E-state index contributed by atoms with van der Waals surface area (Å²) in [6.45, 7) is 2.17. The third-order valence-electron chi connectivity index (χ3n) is 3.99. The molecule has 26 heavy (non-hydrogen) atoms. The Hall–Kier alpha value is -3.21. The average Bonchev–Trinajstić information content (AvgIpc) is 2.68. The number of aromatic nitrogens is 1. The van der Waals surface area contributed by atoms with E-state index in [1.54, 1.807) is 42.7 Å². The molecule has 0 saturated heterocycles. The van der Waals surface area contributed by atoms with Gasteiger partial charge in [-0.15, -0.1) is 0 Å². The van der Waals surface area contributed by atoms with Gasteiger partial charge in [-0.25, -0.2) is 4.39 Å². The first-order valence-electron chi connectivity index (χ1n) is 8.30. The zero-order valence-electron chi connectivity index (χ0n) is 14.4. The summed E-state index contributed by atoms with van der Waals surface area (Å²) in [7, 11) is 0. The fourth-order valence-corrected chi connectivity index (χ4v) is 2.53. The minimum atomic E-state index is -0.293. The number of carbonyl (C=O) groups excluding carboxylic acids is 1. The van der Waals surface area contributed by atoms with Gasteiger partial charge in [0.25, 0.3) is 5.91 Å². The van der Waals surface area contributed by atoms with Gasteiger partial charge in [0.05, 0.1) is 11.6 Å². The highest BCUT2D eigenvalue weighted by Gasteiger charge is 2.15. The summed E-state index contributed by atoms with van der Waals surface area (Å²) in [5.74, 6) is -0.0288.